The van der Waals surface area contributed by atoms with E-state index in [4.69, 9.17) is 4.74 Å². The van der Waals surface area contributed by atoms with Crippen LogP contribution in [0, 0.1) is 13.8 Å². The maximum Gasteiger partial charge on any atom is 0.151 e. The molecule has 0 heterocycles. The Labute approximate surface area is 115 Å². The zero-order valence-electron chi connectivity index (χ0n) is 10.2. The van der Waals surface area contributed by atoms with Crippen LogP contribution in [-0.2, 0) is 0 Å². The molecule has 0 atom stereocenters. The Kier molecular flexibility index (Phi) is 3.82. The number of rotatable bonds is 3. The van der Waals surface area contributed by atoms with Gasteiger partial charge in [0.2, 0.25) is 0 Å². The number of hydrogen-bond donors (Lipinski definition) is 0. The Morgan fingerprint density at radius 1 is 1.00 bits per heavy atom. The van der Waals surface area contributed by atoms with Crippen molar-refractivity contribution < 1.29 is 9.53 Å². The number of carbonyl (C=O) groups excluding carboxylic acids is 1. The molecule has 2 rings (SSSR count). The number of aldehydes is 1. The highest BCUT2D eigenvalue weighted by atomic mass is 79.9. The summed E-state index contributed by atoms with van der Waals surface area (Å²) in [4.78, 5) is 10.7. The van der Waals surface area contributed by atoms with Crippen molar-refractivity contribution in [2.75, 3.05) is 0 Å². The minimum Gasteiger partial charge on any atom is -0.457 e. The lowest BCUT2D eigenvalue weighted by atomic mass is 10.1. The second-order valence-electron chi connectivity index (χ2n) is 4.15. The van der Waals surface area contributed by atoms with Crippen LogP contribution in [0.3, 0.4) is 0 Å². The predicted octanol–water partition coefficient (Wildman–Crippen LogP) is 4.67. The van der Waals surface area contributed by atoms with Crippen LogP contribution in [0.2, 0.25) is 0 Å². The van der Waals surface area contributed by atoms with Gasteiger partial charge in [-0.3, -0.25) is 4.79 Å². The molecule has 0 bridgehead atoms. The summed E-state index contributed by atoms with van der Waals surface area (Å²) in [7, 11) is 0. The second-order valence-corrected chi connectivity index (χ2v) is 5.00. The molecule has 0 saturated heterocycles. The quantitative estimate of drug-likeness (QED) is 0.770. The van der Waals surface area contributed by atoms with Crippen molar-refractivity contribution in [3.8, 4) is 11.5 Å². The molecule has 0 aliphatic rings. The number of aryl methyl sites for hydroxylation is 2. The zero-order valence-corrected chi connectivity index (χ0v) is 11.8. The van der Waals surface area contributed by atoms with Gasteiger partial charge in [-0.2, -0.15) is 0 Å². The van der Waals surface area contributed by atoms with E-state index < -0.39 is 0 Å². The molecule has 0 saturated carbocycles. The average Bonchev–Trinajstić information content (AvgIpc) is 2.34. The van der Waals surface area contributed by atoms with E-state index in [9.17, 15) is 4.79 Å². The number of halogens is 1. The molecule has 0 aliphatic carbocycles. The van der Waals surface area contributed by atoms with Crippen molar-refractivity contribution in [3.05, 3.63) is 57.6 Å². The monoisotopic (exact) mass is 304 g/mol. The Hall–Kier alpha value is -1.61. The first-order valence-electron chi connectivity index (χ1n) is 5.60. The van der Waals surface area contributed by atoms with Gasteiger partial charge in [-0.05, 0) is 71.2 Å². The van der Waals surface area contributed by atoms with Gasteiger partial charge in [0.25, 0.3) is 0 Å². The third-order valence-electron chi connectivity index (χ3n) is 2.81. The van der Waals surface area contributed by atoms with E-state index in [0.717, 1.165) is 16.5 Å². The third-order valence-corrected chi connectivity index (χ3v) is 3.50. The largest absolute Gasteiger partial charge is 0.457 e. The Morgan fingerprint density at radius 3 is 2.28 bits per heavy atom. The molecular weight excluding hydrogens is 292 g/mol. The van der Waals surface area contributed by atoms with Crippen LogP contribution in [0.25, 0.3) is 0 Å². The molecule has 0 radical (unpaired) electrons. The molecule has 0 N–H and O–H groups in total. The van der Waals surface area contributed by atoms with Gasteiger partial charge in [0, 0.05) is 10.0 Å². The molecule has 0 amide bonds. The van der Waals surface area contributed by atoms with Crippen LogP contribution >= 0.6 is 15.9 Å². The maximum atomic E-state index is 10.7. The summed E-state index contributed by atoms with van der Waals surface area (Å²) in [5, 5.41) is 0. The molecule has 0 unspecified atom stereocenters. The summed E-state index contributed by atoms with van der Waals surface area (Å²) in [6.45, 7) is 4.11. The molecule has 2 nitrogen and oxygen atoms in total. The molecule has 3 heteroatoms. The van der Waals surface area contributed by atoms with Gasteiger partial charge in [-0.1, -0.05) is 6.07 Å². The van der Waals surface area contributed by atoms with E-state index in [-0.39, 0.29) is 0 Å². The van der Waals surface area contributed by atoms with Gasteiger partial charge in [-0.15, -0.1) is 0 Å². The minimum absolute atomic E-state index is 0.613. The van der Waals surface area contributed by atoms with Crippen LogP contribution in [0.15, 0.2) is 40.9 Å². The van der Waals surface area contributed by atoms with Gasteiger partial charge in [0.1, 0.15) is 11.5 Å². The molecule has 92 valence electrons. The Morgan fingerprint density at radius 2 is 1.67 bits per heavy atom. The van der Waals surface area contributed by atoms with Crippen molar-refractivity contribution in [3.63, 3.8) is 0 Å². The number of ether oxygens (including phenoxy) is 1. The van der Waals surface area contributed by atoms with E-state index in [1.807, 2.05) is 25.1 Å². The highest BCUT2D eigenvalue weighted by Crippen LogP contribution is 2.27. The normalized spacial score (nSPS) is 10.2. The first-order valence-corrected chi connectivity index (χ1v) is 6.39. The summed E-state index contributed by atoms with van der Waals surface area (Å²) in [5.74, 6) is 1.50. The van der Waals surface area contributed by atoms with Crippen LogP contribution in [0.4, 0.5) is 0 Å². The molecule has 0 aromatic heterocycles. The average molecular weight is 305 g/mol. The molecule has 18 heavy (non-hydrogen) atoms. The Balaban J connectivity index is 2.25. The van der Waals surface area contributed by atoms with Crippen LogP contribution < -0.4 is 4.74 Å². The van der Waals surface area contributed by atoms with E-state index in [1.165, 1.54) is 11.1 Å². The first-order chi connectivity index (χ1) is 8.60. The lowest BCUT2D eigenvalue weighted by Gasteiger charge is -2.08. The van der Waals surface area contributed by atoms with E-state index in [2.05, 4.69) is 22.9 Å². The topological polar surface area (TPSA) is 26.3 Å². The summed E-state index contributed by atoms with van der Waals surface area (Å²) < 4.78 is 6.48. The maximum absolute atomic E-state index is 10.7. The predicted molar refractivity (Wildman–Crippen MR) is 75.5 cm³/mol. The van der Waals surface area contributed by atoms with E-state index in [1.54, 1.807) is 18.2 Å². The standard InChI is InChI=1S/C15H13BrO2/c1-10-3-5-13(7-11(10)2)18-14-6-4-12(9-17)15(16)8-14/h3-9H,1-2H3. The first kappa shape index (κ1) is 12.8. The lowest BCUT2D eigenvalue weighted by Crippen LogP contribution is -1.89. The van der Waals surface area contributed by atoms with Crippen molar-refractivity contribution >= 4 is 22.2 Å². The second kappa shape index (κ2) is 5.36. The fraction of sp³-hybridized carbons (Fsp3) is 0.133. The van der Waals surface area contributed by atoms with E-state index >= 15 is 0 Å². The molecule has 0 spiro atoms. The molecule has 2 aromatic carbocycles. The van der Waals surface area contributed by atoms with Gasteiger partial charge in [0.05, 0.1) is 0 Å². The van der Waals surface area contributed by atoms with Crippen molar-refractivity contribution in [1.82, 2.24) is 0 Å². The summed E-state index contributed by atoms with van der Waals surface area (Å²) in [6.07, 6.45) is 0.809. The SMILES string of the molecule is Cc1ccc(Oc2ccc(C=O)c(Br)c2)cc1C. The smallest absolute Gasteiger partial charge is 0.151 e. The minimum atomic E-state index is 0.613. The van der Waals surface area contributed by atoms with Gasteiger partial charge in [0.15, 0.2) is 6.29 Å². The molecule has 0 fully saturated rings. The molecule has 0 aliphatic heterocycles. The van der Waals surface area contributed by atoms with Crippen molar-refractivity contribution in [2.45, 2.75) is 13.8 Å². The summed E-state index contributed by atoms with van der Waals surface area (Å²) in [6, 6.07) is 11.3. The van der Waals surface area contributed by atoms with Crippen LogP contribution in [0.5, 0.6) is 11.5 Å². The van der Waals surface area contributed by atoms with Gasteiger partial charge < -0.3 is 4.74 Å². The van der Waals surface area contributed by atoms with Crippen molar-refractivity contribution in [2.24, 2.45) is 0 Å². The van der Waals surface area contributed by atoms with Crippen molar-refractivity contribution in [1.29, 1.82) is 0 Å². The van der Waals surface area contributed by atoms with Crippen LogP contribution in [-0.4, -0.2) is 6.29 Å². The summed E-state index contributed by atoms with van der Waals surface area (Å²) >= 11 is 3.34. The zero-order chi connectivity index (χ0) is 13.1. The number of benzene rings is 2. The highest BCUT2D eigenvalue weighted by molar-refractivity contribution is 9.10. The number of hydrogen-bond acceptors (Lipinski definition) is 2. The third kappa shape index (κ3) is 2.79. The fourth-order valence-electron chi connectivity index (χ4n) is 1.58. The molecular formula is C15H13BrO2. The van der Waals surface area contributed by atoms with Crippen LogP contribution in [0.1, 0.15) is 21.5 Å². The summed E-state index contributed by atoms with van der Waals surface area (Å²) in [5.41, 5.74) is 3.04. The lowest BCUT2D eigenvalue weighted by molar-refractivity contribution is 0.112. The van der Waals surface area contributed by atoms with Gasteiger partial charge in [-0.25, -0.2) is 0 Å². The van der Waals surface area contributed by atoms with E-state index in [0.29, 0.717) is 11.3 Å². The highest BCUT2D eigenvalue weighted by Gasteiger charge is 2.03. The van der Waals surface area contributed by atoms with Gasteiger partial charge >= 0.3 is 0 Å². The molecule has 2 aromatic rings. The fourth-order valence-corrected chi connectivity index (χ4v) is 2.03. The Bertz CT molecular complexity index is 591. The number of carbonyl (C=O) groups is 1.